The lowest BCUT2D eigenvalue weighted by molar-refractivity contribution is 0.183. The van der Waals surface area contributed by atoms with Crippen molar-refractivity contribution in [2.75, 3.05) is 18.9 Å². The van der Waals surface area contributed by atoms with Gasteiger partial charge in [-0.25, -0.2) is 0 Å². The Morgan fingerprint density at radius 2 is 1.77 bits per heavy atom. The Morgan fingerprint density at radius 1 is 1.08 bits per heavy atom. The normalized spacial score (nSPS) is 22.8. The second-order valence-electron chi connectivity index (χ2n) is 8.18. The lowest BCUT2D eigenvalue weighted by atomic mass is 10.1. The first-order chi connectivity index (χ1) is 12.6. The molecule has 1 aromatic heterocycles. The van der Waals surface area contributed by atoms with Gasteiger partial charge in [0.15, 0.2) is 5.75 Å². The van der Waals surface area contributed by atoms with Crippen molar-refractivity contribution in [3.05, 3.63) is 34.6 Å². The van der Waals surface area contributed by atoms with Crippen LogP contribution in [0.25, 0.3) is 0 Å². The zero-order valence-corrected chi connectivity index (χ0v) is 15.6. The number of hydrogen-bond acceptors (Lipinski definition) is 4. The first kappa shape index (κ1) is 16.2. The molecule has 2 N–H and O–H groups in total. The van der Waals surface area contributed by atoms with E-state index in [-0.39, 0.29) is 0 Å². The third-order valence-electron chi connectivity index (χ3n) is 5.89. The van der Waals surface area contributed by atoms with Crippen LogP contribution in [0.3, 0.4) is 0 Å². The minimum absolute atomic E-state index is 0.357. The average Bonchev–Trinajstić information content (AvgIpc) is 3.54. The number of nitrogen functional groups attached to an aromatic ring is 1. The third-order valence-corrected chi connectivity index (χ3v) is 5.89. The largest absolute Gasteiger partial charge is 0.453 e. The fourth-order valence-corrected chi connectivity index (χ4v) is 4.01. The number of rotatable bonds is 5. The van der Waals surface area contributed by atoms with Gasteiger partial charge in [0.05, 0.1) is 18.3 Å². The molecule has 5 rings (SSSR count). The van der Waals surface area contributed by atoms with E-state index in [1.807, 2.05) is 26.0 Å². The van der Waals surface area contributed by atoms with Gasteiger partial charge in [-0.05, 0) is 69.2 Å². The van der Waals surface area contributed by atoms with E-state index in [1.54, 1.807) is 0 Å². The number of aromatic nitrogens is 2. The first-order valence-electron chi connectivity index (χ1n) is 9.86. The Balaban J connectivity index is 1.58. The summed E-state index contributed by atoms with van der Waals surface area (Å²) in [6.45, 7) is 5.68. The molecule has 2 aromatic rings. The molecule has 3 aliphatic rings. The number of hydrogen-bond donors (Lipinski definition) is 1. The van der Waals surface area contributed by atoms with Crippen LogP contribution in [0.5, 0.6) is 11.5 Å². The minimum atomic E-state index is 0.357. The molecular formula is C21H27N3O2. The second kappa shape index (κ2) is 6.02. The number of benzene rings is 1. The van der Waals surface area contributed by atoms with Gasteiger partial charge in [-0.1, -0.05) is 0 Å². The van der Waals surface area contributed by atoms with Crippen LogP contribution in [0.1, 0.15) is 72.5 Å². The van der Waals surface area contributed by atoms with Gasteiger partial charge in [0.1, 0.15) is 11.4 Å². The van der Waals surface area contributed by atoms with Crippen molar-refractivity contribution in [1.82, 2.24) is 9.78 Å². The fraction of sp³-hybridized carbons (Fsp3) is 0.571. The summed E-state index contributed by atoms with van der Waals surface area (Å²) in [5.41, 5.74) is 11.6. The minimum Gasteiger partial charge on any atom is -0.453 e. The molecule has 5 nitrogen and oxygen atoms in total. The first-order valence-corrected chi connectivity index (χ1v) is 9.86. The number of aryl methyl sites for hydroxylation is 2. The Bertz CT molecular complexity index is 820. The van der Waals surface area contributed by atoms with Gasteiger partial charge in [0.2, 0.25) is 0 Å². The molecule has 1 saturated heterocycles. The molecule has 0 bridgehead atoms. The van der Waals surface area contributed by atoms with Crippen molar-refractivity contribution in [2.24, 2.45) is 0 Å². The highest BCUT2D eigenvalue weighted by molar-refractivity contribution is 5.57. The molecule has 0 radical (unpaired) electrons. The maximum absolute atomic E-state index is 6.52. The summed E-state index contributed by atoms with van der Waals surface area (Å²) in [5.74, 6) is 3.04. The van der Waals surface area contributed by atoms with Gasteiger partial charge in [-0.3, -0.25) is 4.68 Å². The van der Waals surface area contributed by atoms with E-state index in [9.17, 15) is 0 Å². The molecule has 0 amide bonds. The van der Waals surface area contributed by atoms with Crippen LogP contribution in [0.2, 0.25) is 0 Å². The van der Waals surface area contributed by atoms with Gasteiger partial charge in [-0.2, -0.15) is 5.10 Å². The fourth-order valence-electron chi connectivity index (χ4n) is 4.01. The topological polar surface area (TPSA) is 62.3 Å². The van der Waals surface area contributed by atoms with Crippen molar-refractivity contribution in [3.63, 3.8) is 0 Å². The Kier molecular flexibility index (Phi) is 3.74. The number of ether oxygens (including phenoxy) is 2. The zero-order chi connectivity index (χ0) is 17.8. The van der Waals surface area contributed by atoms with Crippen LogP contribution >= 0.6 is 0 Å². The lowest BCUT2D eigenvalue weighted by Crippen LogP contribution is -2.13. The van der Waals surface area contributed by atoms with Crippen molar-refractivity contribution < 1.29 is 9.47 Å². The van der Waals surface area contributed by atoms with E-state index < -0.39 is 0 Å². The highest BCUT2D eigenvalue weighted by atomic mass is 16.5. The molecule has 2 saturated carbocycles. The van der Waals surface area contributed by atoms with E-state index in [1.165, 1.54) is 31.4 Å². The summed E-state index contributed by atoms with van der Waals surface area (Å²) in [5, 5.41) is 5.06. The summed E-state index contributed by atoms with van der Waals surface area (Å²) in [4.78, 5) is 0. The Morgan fingerprint density at radius 3 is 2.35 bits per heavy atom. The Hall–Kier alpha value is -2.01. The summed E-state index contributed by atoms with van der Waals surface area (Å²) in [6.07, 6.45) is 5.96. The van der Waals surface area contributed by atoms with E-state index in [4.69, 9.17) is 20.3 Å². The smallest absolute Gasteiger partial charge is 0.172 e. The molecule has 1 unspecified atom stereocenters. The third kappa shape index (κ3) is 2.78. The van der Waals surface area contributed by atoms with Crippen molar-refractivity contribution >= 4 is 5.69 Å². The summed E-state index contributed by atoms with van der Waals surface area (Å²) in [7, 11) is 0. The number of nitrogens with zero attached hydrogens (tertiary/aromatic N) is 2. The highest BCUT2D eigenvalue weighted by Gasteiger charge is 2.40. The number of anilines is 1. The van der Waals surface area contributed by atoms with E-state index in [2.05, 4.69) is 4.68 Å². The number of nitrogens with two attached hydrogens (primary N) is 1. The van der Waals surface area contributed by atoms with Crippen LogP contribution in [-0.2, 0) is 4.74 Å². The lowest BCUT2D eigenvalue weighted by Gasteiger charge is -2.15. The molecule has 1 aromatic carbocycles. The predicted octanol–water partition coefficient (Wildman–Crippen LogP) is 4.59. The van der Waals surface area contributed by atoms with Crippen molar-refractivity contribution in [1.29, 1.82) is 0 Å². The van der Waals surface area contributed by atoms with Gasteiger partial charge in [0.25, 0.3) is 0 Å². The van der Waals surface area contributed by atoms with Crippen molar-refractivity contribution in [2.45, 2.75) is 63.8 Å². The summed E-state index contributed by atoms with van der Waals surface area (Å²) < 4.78 is 14.4. The van der Waals surface area contributed by atoms with E-state index in [0.29, 0.717) is 17.9 Å². The molecule has 3 fully saturated rings. The van der Waals surface area contributed by atoms with Gasteiger partial charge in [-0.15, -0.1) is 0 Å². The quantitative estimate of drug-likeness (QED) is 0.799. The monoisotopic (exact) mass is 353 g/mol. The second-order valence-corrected chi connectivity index (χ2v) is 8.18. The Labute approximate surface area is 154 Å². The molecule has 5 heteroatoms. The molecule has 1 aliphatic heterocycles. The zero-order valence-electron chi connectivity index (χ0n) is 15.6. The molecule has 0 spiro atoms. The predicted molar refractivity (Wildman–Crippen MR) is 101 cm³/mol. The molecule has 138 valence electrons. The maximum atomic E-state index is 6.52. The van der Waals surface area contributed by atoms with Gasteiger partial charge < -0.3 is 15.2 Å². The maximum Gasteiger partial charge on any atom is 0.172 e. The van der Waals surface area contributed by atoms with Crippen LogP contribution in [-0.4, -0.2) is 23.0 Å². The summed E-state index contributed by atoms with van der Waals surface area (Å²) >= 11 is 0. The van der Waals surface area contributed by atoms with Crippen LogP contribution in [0, 0.1) is 13.8 Å². The SMILES string of the molecule is Cc1cc(Oc2c(C3CC3)nn(C3CCOC3)c2C2CC2)cc(C)c1N. The van der Waals surface area contributed by atoms with E-state index >= 15 is 0 Å². The molecule has 2 aliphatic carbocycles. The average molecular weight is 353 g/mol. The molecular weight excluding hydrogens is 326 g/mol. The summed E-state index contributed by atoms with van der Waals surface area (Å²) in [6, 6.07) is 4.45. The van der Waals surface area contributed by atoms with Gasteiger partial charge >= 0.3 is 0 Å². The van der Waals surface area contributed by atoms with Crippen LogP contribution in [0.15, 0.2) is 12.1 Å². The molecule has 26 heavy (non-hydrogen) atoms. The molecule has 2 heterocycles. The van der Waals surface area contributed by atoms with Gasteiger partial charge in [0, 0.05) is 24.1 Å². The van der Waals surface area contributed by atoms with E-state index in [0.717, 1.165) is 53.6 Å². The van der Waals surface area contributed by atoms with Crippen LogP contribution in [0.4, 0.5) is 5.69 Å². The van der Waals surface area contributed by atoms with Crippen molar-refractivity contribution in [3.8, 4) is 11.5 Å². The molecule has 1 atom stereocenters. The van der Waals surface area contributed by atoms with Crippen LogP contribution < -0.4 is 10.5 Å². The standard InChI is InChI=1S/C21H27N3O2/c1-12-9-17(10-13(2)18(12)22)26-21-19(14-3-4-14)23-24(16-7-8-25-11-16)20(21)15-5-6-15/h9-10,14-16H,3-8,11,22H2,1-2H3. The highest BCUT2D eigenvalue weighted by Crippen LogP contribution is 2.53.